The summed E-state index contributed by atoms with van der Waals surface area (Å²) in [6, 6.07) is 4.98. The van der Waals surface area contributed by atoms with Gasteiger partial charge in [0, 0.05) is 18.6 Å². The van der Waals surface area contributed by atoms with E-state index in [1.54, 1.807) is 6.26 Å². The smallest absolute Gasteiger partial charge is 0.136 e. The summed E-state index contributed by atoms with van der Waals surface area (Å²) < 4.78 is 5.35. The molecule has 4 heteroatoms. The highest BCUT2D eigenvalue weighted by atomic mass is 16.4. The minimum Gasteiger partial charge on any atom is -0.466 e. The van der Waals surface area contributed by atoms with Crippen LogP contribution < -0.4 is 5.32 Å². The van der Waals surface area contributed by atoms with Gasteiger partial charge in [0.2, 0.25) is 0 Å². The highest BCUT2D eigenvalue weighted by Crippen LogP contribution is 2.30. The van der Waals surface area contributed by atoms with Crippen LogP contribution in [0.4, 0.5) is 0 Å². The number of likely N-dealkylation sites (tertiary alicyclic amines) is 1. The second kappa shape index (κ2) is 7.37. The summed E-state index contributed by atoms with van der Waals surface area (Å²) in [6.07, 6.45) is 9.57. The first-order valence-corrected chi connectivity index (χ1v) is 9.30. The van der Waals surface area contributed by atoms with Crippen LogP contribution in [-0.4, -0.2) is 41.7 Å². The summed E-state index contributed by atoms with van der Waals surface area (Å²) in [6.45, 7) is 7.17. The first kappa shape index (κ1) is 17.0. The number of hydrogen-bond donors (Lipinski definition) is 2. The molecule has 0 radical (unpaired) electrons. The predicted octanol–water partition coefficient (Wildman–Crippen LogP) is 3.12. The van der Waals surface area contributed by atoms with Gasteiger partial charge in [0.25, 0.3) is 0 Å². The van der Waals surface area contributed by atoms with E-state index >= 15 is 0 Å². The van der Waals surface area contributed by atoms with Crippen LogP contribution in [0.1, 0.15) is 58.1 Å². The highest BCUT2D eigenvalue weighted by molar-refractivity contribution is 5.08. The molecule has 0 amide bonds. The fourth-order valence-corrected chi connectivity index (χ4v) is 4.29. The molecule has 1 aromatic rings. The zero-order valence-electron chi connectivity index (χ0n) is 14.6. The molecule has 3 atom stereocenters. The molecular weight excluding hydrogens is 288 g/mol. The van der Waals surface area contributed by atoms with Gasteiger partial charge in [-0.05, 0) is 63.7 Å². The van der Waals surface area contributed by atoms with Crippen LogP contribution in [0.2, 0.25) is 0 Å². The fraction of sp³-hybridized carbons (Fsp3) is 0.789. The van der Waals surface area contributed by atoms with E-state index in [-0.39, 0.29) is 0 Å². The molecule has 1 aromatic heterocycles. The van der Waals surface area contributed by atoms with E-state index in [0.29, 0.717) is 18.3 Å². The summed E-state index contributed by atoms with van der Waals surface area (Å²) in [7, 11) is 0. The van der Waals surface area contributed by atoms with Gasteiger partial charge in [-0.2, -0.15) is 0 Å². The van der Waals surface area contributed by atoms with Gasteiger partial charge in [0.1, 0.15) is 11.4 Å². The Labute approximate surface area is 140 Å². The quantitative estimate of drug-likeness (QED) is 0.875. The Morgan fingerprint density at radius 2 is 2.00 bits per heavy atom. The molecule has 0 spiro atoms. The number of rotatable bonds is 5. The normalized spacial score (nSPS) is 30.2. The lowest BCUT2D eigenvalue weighted by atomic mass is 9.84. The topological polar surface area (TPSA) is 48.6 Å². The van der Waals surface area contributed by atoms with Crippen molar-refractivity contribution in [3.8, 4) is 0 Å². The van der Waals surface area contributed by atoms with Crippen molar-refractivity contribution >= 4 is 0 Å². The van der Waals surface area contributed by atoms with E-state index in [9.17, 15) is 5.11 Å². The van der Waals surface area contributed by atoms with Crippen molar-refractivity contribution in [2.75, 3.05) is 19.6 Å². The van der Waals surface area contributed by atoms with Gasteiger partial charge in [-0.25, -0.2) is 0 Å². The van der Waals surface area contributed by atoms with Gasteiger partial charge in [-0.1, -0.05) is 19.8 Å². The molecule has 1 aliphatic carbocycles. The van der Waals surface area contributed by atoms with Gasteiger partial charge < -0.3 is 19.7 Å². The first-order chi connectivity index (χ1) is 11.1. The third-order valence-electron chi connectivity index (χ3n) is 5.85. The van der Waals surface area contributed by atoms with Crippen molar-refractivity contribution < 1.29 is 9.52 Å². The molecule has 0 aromatic carbocycles. The minimum atomic E-state index is -0.932. The van der Waals surface area contributed by atoms with E-state index in [1.165, 1.54) is 51.6 Å². The second-order valence-corrected chi connectivity index (χ2v) is 7.77. The number of hydrogen-bond acceptors (Lipinski definition) is 4. The number of piperidine rings is 1. The van der Waals surface area contributed by atoms with E-state index in [2.05, 4.69) is 17.1 Å². The van der Waals surface area contributed by atoms with Gasteiger partial charge in [-0.3, -0.25) is 0 Å². The number of nitrogens with one attached hydrogen (secondary N) is 1. The molecule has 3 unspecified atom stereocenters. The minimum absolute atomic E-state index is 0.506. The predicted molar refractivity (Wildman–Crippen MR) is 92.3 cm³/mol. The zero-order valence-corrected chi connectivity index (χ0v) is 14.6. The summed E-state index contributed by atoms with van der Waals surface area (Å²) >= 11 is 0. The number of aliphatic hydroxyl groups is 1. The maximum absolute atomic E-state index is 10.5. The van der Waals surface area contributed by atoms with Gasteiger partial charge >= 0.3 is 0 Å². The third-order valence-corrected chi connectivity index (χ3v) is 5.85. The average molecular weight is 320 g/mol. The van der Waals surface area contributed by atoms with Gasteiger partial charge in [0.15, 0.2) is 0 Å². The lowest BCUT2D eigenvalue weighted by molar-refractivity contribution is 0.0255. The standard InChI is InChI=1S/C19H32N2O2/c1-15-6-3-4-7-17(15)21-11-9-16(10-12-21)20-14-19(2,22)18-8-5-13-23-18/h5,8,13,15-17,20,22H,3-4,6-7,9-12,14H2,1-2H3. The van der Waals surface area contributed by atoms with Crippen molar-refractivity contribution in [2.45, 2.75) is 70.1 Å². The highest BCUT2D eigenvalue weighted by Gasteiger charge is 2.32. The number of nitrogens with zero attached hydrogens (tertiary/aromatic N) is 1. The number of furan rings is 1. The Bertz CT molecular complexity index is 464. The molecule has 1 saturated carbocycles. The monoisotopic (exact) mass is 320 g/mol. The van der Waals surface area contributed by atoms with Crippen molar-refractivity contribution in [1.82, 2.24) is 10.2 Å². The summed E-state index contributed by atoms with van der Waals surface area (Å²) in [5.41, 5.74) is -0.932. The molecule has 0 bridgehead atoms. The van der Waals surface area contributed by atoms with Crippen molar-refractivity contribution in [3.05, 3.63) is 24.2 Å². The lowest BCUT2D eigenvalue weighted by Crippen LogP contribution is -2.51. The Morgan fingerprint density at radius 1 is 1.26 bits per heavy atom. The van der Waals surface area contributed by atoms with Gasteiger partial charge in [0.05, 0.1) is 6.26 Å². The molecule has 4 nitrogen and oxygen atoms in total. The fourth-order valence-electron chi connectivity index (χ4n) is 4.29. The third kappa shape index (κ3) is 4.17. The van der Waals surface area contributed by atoms with Crippen LogP contribution >= 0.6 is 0 Å². The molecule has 2 heterocycles. The molecule has 1 aliphatic heterocycles. The van der Waals surface area contributed by atoms with Crippen molar-refractivity contribution in [1.29, 1.82) is 0 Å². The van der Waals surface area contributed by atoms with E-state index < -0.39 is 5.60 Å². The summed E-state index contributed by atoms with van der Waals surface area (Å²) in [4.78, 5) is 2.71. The molecule has 2 fully saturated rings. The average Bonchev–Trinajstić information content (AvgIpc) is 3.10. The molecular formula is C19H32N2O2. The maximum Gasteiger partial charge on any atom is 0.136 e. The molecule has 1 saturated heterocycles. The SMILES string of the molecule is CC1CCCCC1N1CCC(NCC(C)(O)c2ccco2)CC1. The van der Waals surface area contributed by atoms with Crippen LogP contribution in [0.5, 0.6) is 0 Å². The maximum atomic E-state index is 10.5. The largest absolute Gasteiger partial charge is 0.466 e. The second-order valence-electron chi connectivity index (χ2n) is 7.77. The van der Waals surface area contributed by atoms with Crippen molar-refractivity contribution in [2.24, 2.45) is 5.92 Å². The Morgan fingerprint density at radius 3 is 2.65 bits per heavy atom. The van der Waals surface area contributed by atoms with Crippen LogP contribution in [0.15, 0.2) is 22.8 Å². The Kier molecular flexibility index (Phi) is 5.45. The summed E-state index contributed by atoms with van der Waals surface area (Å²) in [5.74, 6) is 1.49. The van der Waals surface area contributed by atoms with E-state index in [4.69, 9.17) is 4.42 Å². The molecule has 2 N–H and O–H groups in total. The Hall–Kier alpha value is -0.840. The first-order valence-electron chi connectivity index (χ1n) is 9.30. The van der Waals surface area contributed by atoms with Crippen molar-refractivity contribution in [3.63, 3.8) is 0 Å². The zero-order chi connectivity index (χ0) is 16.3. The van der Waals surface area contributed by atoms with Crippen LogP contribution in [0, 0.1) is 5.92 Å². The molecule has 3 rings (SSSR count). The molecule has 23 heavy (non-hydrogen) atoms. The lowest BCUT2D eigenvalue weighted by Gasteiger charge is -2.42. The van der Waals surface area contributed by atoms with E-state index in [1.807, 2.05) is 19.1 Å². The molecule has 130 valence electrons. The van der Waals surface area contributed by atoms with Crippen LogP contribution in [-0.2, 0) is 5.60 Å². The van der Waals surface area contributed by atoms with E-state index in [0.717, 1.165) is 12.0 Å². The summed E-state index contributed by atoms with van der Waals surface area (Å²) in [5, 5.41) is 14.1. The Balaban J connectivity index is 1.44. The van der Waals surface area contributed by atoms with Crippen LogP contribution in [0.3, 0.4) is 0 Å². The van der Waals surface area contributed by atoms with Crippen LogP contribution in [0.25, 0.3) is 0 Å². The van der Waals surface area contributed by atoms with Gasteiger partial charge in [-0.15, -0.1) is 0 Å². The molecule has 2 aliphatic rings.